The molecule has 3 N–H and O–H groups in total. The first-order valence-corrected chi connectivity index (χ1v) is 7.18. The Morgan fingerprint density at radius 3 is 2.79 bits per heavy atom. The van der Waals surface area contributed by atoms with Crippen LogP contribution < -0.4 is 11.1 Å². The summed E-state index contributed by atoms with van der Waals surface area (Å²) in [7, 11) is 0. The Bertz CT molecular complexity index is 289. The van der Waals surface area contributed by atoms with Gasteiger partial charge in [0.25, 0.3) is 0 Å². The average molecular weight is 271 g/mol. The summed E-state index contributed by atoms with van der Waals surface area (Å²) in [5.41, 5.74) is 5.66. The zero-order valence-corrected chi connectivity index (χ0v) is 12.7. The highest BCUT2D eigenvalue weighted by Crippen LogP contribution is 2.12. The fourth-order valence-electron chi connectivity index (χ4n) is 2.40. The fourth-order valence-corrected chi connectivity index (χ4v) is 2.40. The summed E-state index contributed by atoms with van der Waals surface area (Å²) < 4.78 is 5.63. The molecule has 1 aliphatic heterocycles. The van der Waals surface area contributed by atoms with Crippen molar-refractivity contribution in [2.24, 2.45) is 5.73 Å². The minimum atomic E-state index is -0.189. The Morgan fingerprint density at radius 2 is 2.21 bits per heavy atom. The zero-order chi connectivity index (χ0) is 14.5. The second-order valence-electron chi connectivity index (χ2n) is 6.42. The van der Waals surface area contributed by atoms with Crippen LogP contribution in [0.3, 0.4) is 0 Å². The van der Waals surface area contributed by atoms with E-state index in [-0.39, 0.29) is 23.6 Å². The van der Waals surface area contributed by atoms with Gasteiger partial charge in [0.1, 0.15) is 0 Å². The van der Waals surface area contributed by atoms with Gasteiger partial charge in [-0.2, -0.15) is 0 Å². The summed E-state index contributed by atoms with van der Waals surface area (Å²) in [6.45, 7) is 11.1. The lowest BCUT2D eigenvalue weighted by Gasteiger charge is -2.31. The summed E-state index contributed by atoms with van der Waals surface area (Å²) in [5.74, 6) is 0.0702. The monoisotopic (exact) mass is 271 g/mol. The normalized spacial score (nSPS) is 23.7. The molecule has 1 aliphatic rings. The minimum Gasteiger partial charge on any atom is -0.377 e. The standard InChI is InChI=1S/C14H29N3O2/c1-11-10-17(6-5-7-19-11)12(9-15)8-13(18)16-14(2,3)4/h11-12H,5-10,15H2,1-4H3,(H,16,18). The number of ether oxygens (including phenoxy) is 1. The van der Waals surface area contributed by atoms with Crippen molar-refractivity contribution >= 4 is 5.91 Å². The van der Waals surface area contributed by atoms with E-state index in [1.165, 1.54) is 0 Å². The van der Waals surface area contributed by atoms with Crippen LogP contribution in [0.4, 0.5) is 0 Å². The Kier molecular flexibility index (Phi) is 6.23. The molecule has 0 radical (unpaired) electrons. The van der Waals surface area contributed by atoms with Crippen LogP contribution in [0.5, 0.6) is 0 Å². The molecule has 1 heterocycles. The van der Waals surface area contributed by atoms with Crippen molar-refractivity contribution in [2.75, 3.05) is 26.2 Å². The summed E-state index contributed by atoms with van der Waals surface area (Å²) in [5, 5.41) is 3.00. The number of hydrogen-bond acceptors (Lipinski definition) is 4. The van der Waals surface area contributed by atoms with E-state index in [1.807, 2.05) is 20.8 Å². The molecule has 0 aromatic rings. The Hall–Kier alpha value is -0.650. The molecule has 0 aromatic carbocycles. The van der Waals surface area contributed by atoms with Crippen molar-refractivity contribution in [3.63, 3.8) is 0 Å². The third-order valence-corrected chi connectivity index (χ3v) is 3.21. The summed E-state index contributed by atoms with van der Waals surface area (Å²) in [6, 6.07) is 0.103. The lowest BCUT2D eigenvalue weighted by Crippen LogP contribution is -2.48. The number of carbonyl (C=O) groups is 1. The molecule has 0 aromatic heterocycles. The van der Waals surface area contributed by atoms with Crippen molar-refractivity contribution in [3.8, 4) is 0 Å². The molecule has 1 amide bonds. The van der Waals surface area contributed by atoms with Gasteiger partial charge < -0.3 is 15.8 Å². The number of nitrogens with one attached hydrogen (secondary N) is 1. The molecule has 0 spiro atoms. The van der Waals surface area contributed by atoms with E-state index in [0.717, 1.165) is 26.1 Å². The van der Waals surface area contributed by atoms with E-state index >= 15 is 0 Å². The summed E-state index contributed by atoms with van der Waals surface area (Å²) >= 11 is 0. The van der Waals surface area contributed by atoms with Gasteiger partial charge >= 0.3 is 0 Å². The van der Waals surface area contributed by atoms with Crippen molar-refractivity contribution < 1.29 is 9.53 Å². The van der Waals surface area contributed by atoms with Crippen LogP contribution in [-0.2, 0) is 9.53 Å². The van der Waals surface area contributed by atoms with Crippen molar-refractivity contribution in [1.82, 2.24) is 10.2 Å². The molecule has 1 rings (SSSR count). The Labute approximate surface area is 116 Å². The van der Waals surface area contributed by atoms with Gasteiger partial charge in [-0.05, 0) is 34.1 Å². The van der Waals surface area contributed by atoms with Crippen molar-refractivity contribution in [1.29, 1.82) is 0 Å². The van der Waals surface area contributed by atoms with Gasteiger partial charge in [-0.3, -0.25) is 9.69 Å². The van der Waals surface area contributed by atoms with Crippen LogP contribution in [0, 0.1) is 0 Å². The summed E-state index contributed by atoms with van der Waals surface area (Å²) in [4.78, 5) is 14.3. The lowest BCUT2D eigenvalue weighted by atomic mass is 10.1. The lowest BCUT2D eigenvalue weighted by molar-refractivity contribution is -0.123. The maximum Gasteiger partial charge on any atom is 0.222 e. The van der Waals surface area contributed by atoms with Gasteiger partial charge in [0.05, 0.1) is 6.10 Å². The number of nitrogens with two attached hydrogens (primary N) is 1. The maximum absolute atomic E-state index is 12.0. The number of nitrogens with zero attached hydrogens (tertiary/aromatic N) is 1. The minimum absolute atomic E-state index is 0.0702. The average Bonchev–Trinajstić information content (AvgIpc) is 2.48. The first kappa shape index (κ1) is 16.4. The number of rotatable bonds is 4. The maximum atomic E-state index is 12.0. The molecule has 112 valence electrons. The molecular weight excluding hydrogens is 242 g/mol. The van der Waals surface area contributed by atoms with Gasteiger partial charge in [-0.1, -0.05) is 0 Å². The first-order valence-electron chi connectivity index (χ1n) is 7.18. The highest BCUT2D eigenvalue weighted by Gasteiger charge is 2.25. The van der Waals surface area contributed by atoms with Gasteiger partial charge in [0.15, 0.2) is 0 Å². The molecule has 5 heteroatoms. The zero-order valence-electron chi connectivity index (χ0n) is 12.7. The molecule has 0 aliphatic carbocycles. The molecule has 0 bridgehead atoms. The van der Waals surface area contributed by atoms with Gasteiger partial charge in [-0.25, -0.2) is 0 Å². The van der Waals surface area contributed by atoms with Crippen LogP contribution in [0.2, 0.25) is 0 Å². The van der Waals surface area contributed by atoms with E-state index in [1.54, 1.807) is 0 Å². The Morgan fingerprint density at radius 1 is 1.53 bits per heavy atom. The topological polar surface area (TPSA) is 67.6 Å². The third kappa shape index (κ3) is 6.36. The van der Waals surface area contributed by atoms with Crippen molar-refractivity contribution in [2.45, 2.75) is 58.2 Å². The molecule has 2 unspecified atom stereocenters. The van der Waals surface area contributed by atoms with Crippen LogP contribution in [0.25, 0.3) is 0 Å². The van der Waals surface area contributed by atoms with Crippen LogP contribution in [0.1, 0.15) is 40.5 Å². The largest absolute Gasteiger partial charge is 0.377 e. The first-order chi connectivity index (χ1) is 8.81. The second kappa shape index (κ2) is 7.22. The molecule has 1 fully saturated rings. The van der Waals surface area contributed by atoms with E-state index in [2.05, 4.69) is 17.1 Å². The van der Waals surface area contributed by atoms with Crippen LogP contribution in [0.15, 0.2) is 0 Å². The molecule has 2 atom stereocenters. The second-order valence-corrected chi connectivity index (χ2v) is 6.42. The molecular formula is C14H29N3O2. The summed E-state index contributed by atoms with van der Waals surface area (Å²) in [6.07, 6.45) is 1.67. The van der Waals surface area contributed by atoms with Crippen LogP contribution >= 0.6 is 0 Å². The van der Waals surface area contributed by atoms with Gasteiger partial charge in [0.2, 0.25) is 5.91 Å². The molecule has 0 saturated carbocycles. The van der Waals surface area contributed by atoms with Gasteiger partial charge in [0, 0.05) is 44.2 Å². The van der Waals surface area contributed by atoms with E-state index in [4.69, 9.17) is 10.5 Å². The van der Waals surface area contributed by atoms with E-state index < -0.39 is 0 Å². The van der Waals surface area contributed by atoms with Crippen LogP contribution in [-0.4, -0.2) is 54.7 Å². The van der Waals surface area contributed by atoms with Gasteiger partial charge in [-0.15, -0.1) is 0 Å². The van der Waals surface area contributed by atoms with E-state index in [0.29, 0.717) is 13.0 Å². The quantitative estimate of drug-likeness (QED) is 0.791. The highest BCUT2D eigenvalue weighted by atomic mass is 16.5. The molecule has 1 saturated heterocycles. The third-order valence-electron chi connectivity index (χ3n) is 3.21. The highest BCUT2D eigenvalue weighted by molar-refractivity contribution is 5.77. The fraction of sp³-hybridized carbons (Fsp3) is 0.929. The predicted molar refractivity (Wildman–Crippen MR) is 77.0 cm³/mol. The predicted octanol–water partition coefficient (Wildman–Crippen LogP) is 0.729. The number of amides is 1. The SMILES string of the molecule is CC1CN(C(CN)CC(=O)NC(C)(C)C)CCCO1. The van der Waals surface area contributed by atoms with Crippen molar-refractivity contribution in [3.05, 3.63) is 0 Å². The molecule has 5 nitrogen and oxygen atoms in total. The Balaban J connectivity index is 2.54. The number of hydrogen-bond donors (Lipinski definition) is 2. The smallest absolute Gasteiger partial charge is 0.222 e. The molecule has 19 heavy (non-hydrogen) atoms. The van der Waals surface area contributed by atoms with E-state index in [9.17, 15) is 4.79 Å². The number of carbonyl (C=O) groups excluding carboxylic acids is 1.